The quantitative estimate of drug-likeness (QED) is 0.626. The normalized spacial score (nSPS) is 15.3. The molecule has 118 valence electrons. The molecule has 1 aromatic rings. The fourth-order valence-corrected chi connectivity index (χ4v) is 2.19. The van der Waals surface area contributed by atoms with Crippen molar-refractivity contribution in [3.63, 3.8) is 0 Å². The number of hydrogen-bond donors (Lipinski definition) is 2. The van der Waals surface area contributed by atoms with Gasteiger partial charge in [-0.3, -0.25) is 14.4 Å². The Morgan fingerprint density at radius 2 is 1.68 bits per heavy atom. The standard InChI is InChI=1S/C17H22N2O3/c1-11(2)10-18-15(21)17(8-9-17)16(22)19-14-6-4-13(5-7-14)12(3)20/h4-7,11H,8-10H2,1-3H3,(H,18,21)(H,19,22). The van der Waals surface area contributed by atoms with Gasteiger partial charge in [-0.25, -0.2) is 0 Å². The van der Waals surface area contributed by atoms with Crippen LogP contribution in [0.2, 0.25) is 0 Å². The molecule has 0 atom stereocenters. The predicted molar refractivity (Wildman–Crippen MR) is 84.6 cm³/mol. The van der Waals surface area contributed by atoms with Crippen LogP contribution in [-0.4, -0.2) is 24.1 Å². The van der Waals surface area contributed by atoms with Crippen LogP contribution in [0.1, 0.15) is 44.0 Å². The van der Waals surface area contributed by atoms with E-state index < -0.39 is 5.41 Å². The average molecular weight is 302 g/mol. The van der Waals surface area contributed by atoms with Crippen LogP contribution < -0.4 is 10.6 Å². The van der Waals surface area contributed by atoms with Crippen molar-refractivity contribution in [2.45, 2.75) is 33.6 Å². The summed E-state index contributed by atoms with van der Waals surface area (Å²) in [5.41, 5.74) is 0.264. The van der Waals surface area contributed by atoms with Crippen LogP contribution in [0.15, 0.2) is 24.3 Å². The van der Waals surface area contributed by atoms with Gasteiger partial charge in [-0.15, -0.1) is 0 Å². The molecule has 0 heterocycles. The first-order chi connectivity index (χ1) is 10.3. The third-order valence-electron chi connectivity index (χ3n) is 3.84. The minimum atomic E-state index is -0.922. The Bertz CT molecular complexity index is 586. The van der Waals surface area contributed by atoms with Crippen molar-refractivity contribution in [1.29, 1.82) is 0 Å². The van der Waals surface area contributed by atoms with Crippen molar-refractivity contribution in [3.8, 4) is 0 Å². The summed E-state index contributed by atoms with van der Waals surface area (Å²) in [6.07, 6.45) is 1.16. The highest BCUT2D eigenvalue weighted by atomic mass is 16.2. The molecule has 0 unspecified atom stereocenters. The Kier molecular flexibility index (Phi) is 4.64. The molecular weight excluding hydrogens is 280 g/mol. The smallest absolute Gasteiger partial charge is 0.240 e. The number of nitrogens with one attached hydrogen (secondary N) is 2. The first-order valence-electron chi connectivity index (χ1n) is 7.56. The Hall–Kier alpha value is -2.17. The van der Waals surface area contributed by atoms with E-state index in [4.69, 9.17) is 0 Å². The zero-order valence-corrected chi connectivity index (χ0v) is 13.2. The second-order valence-electron chi connectivity index (χ2n) is 6.27. The van der Waals surface area contributed by atoms with Gasteiger partial charge in [0.05, 0.1) is 0 Å². The number of anilines is 1. The Morgan fingerprint density at radius 3 is 2.14 bits per heavy atom. The van der Waals surface area contributed by atoms with Gasteiger partial charge in [0.25, 0.3) is 0 Å². The lowest BCUT2D eigenvalue weighted by molar-refractivity contribution is -0.134. The summed E-state index contributed by atoms with van der Waals surface area (Å²) in [5, 5.41) is 5.60. The highest BCUT2D eigenvalue weighted by Crippen LogP contribution is 2.46. The van der Waals surface area contributed by atoms with Crippen LogP contribution >= 0.6 is 0 Å². The molecule has 0 spiro atoms. The van der Waals surface area contributed by atoms with Gasteiger partial charge in [0.15, 0.2) is 5.78 Å². The number of benzene rings is 1. The van der Waals surface area contributed by atoms with Crippen LogP contribution in [0.25, 0.3) is 0 Å². The third-order valence-corrected chi connectivity index (χ3v) is 3.84. The molecule has 0 bridgehead atoms. The summed E-state index contributed by atoms with van der Waals surface area (Å²) in [5.74, 6) is -0.144. The molecular formula is C17H22N2O3. The lowest BCUT2D eigenvalue weighted by Gasteiger charge is -2.16. The fraction of sp³-hybridized carbons (Fsp3) is 0.471. The Balaban J connectivity index is 1.99. The molecule has 1 fully saturated rings. The SMILES string of the molecule is CC(=O)c1ccc(NC(=O)C2(C(=O)NCC(C)C)CC2)cc1. The van der Waals surface area contributed by atoms with E-state index in [1.807, 2.05) is 13.8 Å². The molecule has 22 heavy (non-hydrogen) atoms. The van der Waals surface area contributed by atoms with Crippen molar-refractivity contribution < 1.29 is 14.4 Å². The van der Waals surface area contributed by atoms with Crippen LogP contribution in [0.5, 0.6) is 0 Å². The zero-order valence-electron chi connectivity index (χ0n) is 13.2. The first kappa shape index (κ1) is 16.2. The number of hydrogen-bond acceptors (Lipinski definition) is 3. The van der Waals surface area contributed by atoms with E-state index in [0.29, 0.717) is 36.6 Å². The van der Waals surface area contributed by atoms with E-state index in [-0.39, 0.29) is 17.6 Å². The van der Waals surface area contributed by atoms with Crippen molar-refractivity contribution in [2.24, 2.45) is 11.3 Å². The van der Waals surface area contributed by atoms with E-state index >= 15 is 0 Å². The van der Waals surface area contributed by atoms with Crippen LogP contribution in [-0.2, 0) is 9.59 Å². The molecule has 5 heteroatoms. The summed E-state index contributed by atoms with van der Waals surface area (Å²) in [6.45, 7) is 6.08. The van der Waals surface area contributed by atoms with Crippen molar-refractivity contribution in [1.82, 2.24) is 5.32 Å². The average Bonchev–Trinajstić information content (AvgIpc) is 3.27. The van der Waals surface area contributed by atoms with E-state index in [0.717, 1.165) is 0 Å². The second kappa shape index (κ2) is 6.30. The molecule has 0 radical (unpaired) electrons. The summed E-state index contributed by atoms with van der Waals surface area (Å²) in [7, 11) is 0. The zero-order chi connectivity index (χ0) is 16.3. The molecule has 1 aromatic carbocycles. The maximum Gasteiger partial charge on any atom is 0.240 e. The molecule has 5 nitrogen and oxygen atoms in total. The molecule has 1 aliphatic carbocycles. The Morgan fingerprint density at radius 1 is 1.09 bits per heavy atom. The largest absolute Gasteiger partial charge is 0.355 e. The van der Waals surface area contributed by atoms with Crippen molar-refractivity contribution in [3.05, 3.63) is 29.8 Å². The number of amides is 2. The number of carbonyl (C=O) groups is 3. The van der Waals surface area contributed by atoms with E-state index in [9.17, 15) is 14.4 Å². The topological polar surface area (TPSA) is 75.3 Å². The van der Waals surface area contributed by atoms with Crippen LogP contribution in [0.3, 0.4) is 0 Å². The van der Waals surface area contributed by atoms with Gasteiger partial charge >= 0.3 is 0 Å². The third kappa shape index (κ3) is 3.53. The lowest BCUT2D eigenvalue weighted by Crippen LogP contribution is -2.41. The summed E-state index contributed by atoms with van der Waals surface area (Å²) in [6, 6.07) is 6.68. The van der Waals surface area contributed by atoms with E-state index in [1.54, 1.807) is 24.3 Å². The molecule has 1 aliphatic rings. The van der Waals surface area contributed by atoms with Gasteiger partial charge in [0.1, 0.15) is 5.41 Å². The highest BCUT2D eigenvalue weighted by Gasteiger charge is 2.56. The first-order valence-corrected chi connectivity index (χ1v) is 7.56. The number of Topliss-reactive ketones (excluding diaryl/α,β-unsaturated/α-hetero) is 1. The maximum atomic E-state index is 12.4. The van der Waals surface area contributed by atoms with Gasteiger partial charge in [-0.2, -0.15) is 0 Å². The Labute approximate surface area is 130 Å². The molecule has 0 aromatic heterocycles. The predicted octanol–water partition coefficient (Wildman–Crippen LogP) is 2.38. The molecule has 0 aliphatic heterocycles. The minimum Gasteiger partial charge on any atom is -0.355 e. The maximum absolute atomic E-state index is 12.4. The molecule has 0 saturated heterocycles. The van der Waals surface area contributed by atoms with E-state index in [1.165, 1.54) is 6.92 Å². The van der Waals surface area contributed by atoms with Gasteiger partial charge in [0.2, 0.25) is 11.8 Å². The number of rotatable bonds is 6. The van der Waals surface area contributed by atoms with Crippen molar-refractivity contribution >= 4 is 23.3 Å². The van der Waals surface area contributed by atoms with Crippen LogP contribution in [0, 0.1) is 11.3 Å². The summed E-state index contributed by atoms with van der Waals surface area (Å²) >= 11 is 0. The lowest BCUT2D eigenvalue weighted by atomic mass is 10.0. The molecule has 2 amide bonds. The summed E-state index contributed by atoms with van der Waals surface area (Å²) < 4.78 is 0. The highest BCUT2D eigenvalue weighted by molar-refractivity contribution is 6.13. The summed E-state index contributed by atoms with van der Waals surface area (Å²) in [4.78, 5) is 35.8. The molecule has 2 rings (SSSR count). The minimum absolute atomic E-state index is 0.0235. The van der Waals surface area contributed by atoms with Crippen LogP contribution in [0.4, 0.5) is 5.69 Å². The fourth-order valence-electron chi connectivity index (χ4n) is 2.19. The van der Waals surface area contributed by atoms with Gasteiger partial charge in [0, 0.05) is 17.8 Å². The monoisotopic (exact) mass is 302 g/mol. The van der Waals surface area contributed by atoms with Gasteiger partial charge in [-0.1, -0.05) is 13.8 Å². The molecule has 1 saturated carbocycles. The van der Waals surface area contributed by atoms with Gasteiger partial charge in [-0.05, 0) is 49.9 Å². The van der Waals surface area contributed by atoms with Crippen molar-refractivity contribution in [2.75, 3.05) is 11.9 Å². The van der Waals surface area contributed by atoms with Gasteiger partial charge < -0.3 is 10.6 Å². The molecule has 2 N–H and O–H groups in total. The second-order valence-corrected chi connectivity index (χ2v) is 6.27. The number of ketones is 1. The van der Waals surface area contributed by atoms with E-state index in [2.05, 4.69) is 10.6 Å². The number of carbonyl (C=O) groups excluding carboxylic acids is 3.